The van der Waals surface area contributed by atoms with Crippen LogP contribution in [0.2, 0.25) is 0 Å². The summed E-state index contributed by atoms with van der Waals surface area (Å²) in [6.45, 7) is 0. The van der Waals surface area contributed by atoms with Crippen molar-refractivity contribution < 1.29 is 4.42 Å². The van der Waals surface area contributed by atoms with Crippen molar-refractivity contribution in [3.05, 3.63) is 134 Å². The molecule has 10 rings (SSSR count). The predicted molar refractivity (Wildman–Crippen MR) is 189 cm³/mol. The number of aromatic nitrogens is 1. The standard InChI is InChI=1S/C39H22N2OS2/c1-3-10-35-26(6-1)28-14-12-24(21-38(28)44-35)41(23-13-17-37-30(20-23)27-7-2-4-11-36(27)43-37)32-9-5-8-29-25(32)15-16-34-39(29)31-22-40-19-18-33(31)42-34/h1-22H. The lowest BCUT2D eigenvalue weighted by Gasteiger charge is -2.27. The number of pyridine rings is 1. The Morgan fingerprint density at radius 2 is 1.16 bits per heavy atom. The molecule has 0 radical (unpaired) electrons. The summed E-state index contributed by atoms with van der Waals surface area (Å²) in [6.07, 6.45) is 3.70. The number of benzene rings is 6. The first-order valence-corrected chi connectivity index (χ1v) is 16.2. The fourth-order valence-electron chi connectivity index (χ4n) is 6.79. The van der Waals surface area contributed by atoms with Crippen LogP contribution in [0.15, 0.2) is 138 Å². The Balaban J connectivity index is 1.28. The van der Waals surface area contributed by atoms with Gasteiger partial charge in [0.2, 0.25) is 0 Å². The van der Waals surface area contributed by atoms with Crippen molar-refractivity contribution in [2.24, 2.45) is 0 Å². The average Bonchev–Trinajstić information content (AvgIpc) is 3.75. The molecule has 0 spiro atoms. The van der Waals surface area contributed by atoms with Crippen LogP contribution < -0.4 is 4.90 Å². The van der Waals surface area contributed by atoms with E-state index in [0.29, 0.717) is 0 Å². The summed E-state index contributed by atoms with van der Waals surface area (Å²) in [6, 6.07) is 44.0. The average molecular weight is 599 g/mol. The molecule has 0 aliphatic heterocycles. The van der Waals surface area contributed by atoms with E-state index < -0.39 is 0 Å². The molecule has 0 fully saturated rings. The normalized spacial score (nSPS) is 12.1. The lowest BCUT2D eigenvalue weighted by Crippen LogP contribution is -2.10. The van der Waals surface area contributed by atoms with Crippen molar-refractivity contribution in [3.8, 4) is 0 Å². The highest BCUT2D eigenvalue weighted by Gasteiger charge is 2.20. The van der Waals surface area contributed by atoms with E-state index in [0.717, 1.165) is 44.4 Å². The Labute approximate surface area is 259 Å². The zero-order chi connectivity index (χ0) is 28.8. The number of anilines is 3. The van der Waals surface area contributed by atoms with Crippen molar-refractivity contribution >= 4 is 113 Å². The van der Waals surface area contributed by atoms with Crippen LogP contribution in [0.5, 0.6) is 0 Å². The zero-order valence-electron chi connectivity index (χ0n) is 23.3. The molecule has 5 heteroatoms. The number of fused-ring (bicyclic) bond motifs is 11. The highest BCUT2D eigenvalue weighted by molar-refractivity contribution is 7.26. The summed E-state index contributed by atoms with van der Waals surface area (Å²) < 4.78 is 11.4. The molecule has 0 amide bonds. The molecule has 0 saturated heterocycles. The summed E-state index contributed by atoms with van der Waals surface area (Å²) in [5.74, 6) is 0. The van der Waals surface area contributed by atoms with Crippen molar-refractivity contribution in [3.63, 3.8) is 0 Å². The first-order valence-electron chi connectivity index (χ1n) is 14.6. The lowest BCUT2D eigenvalue weighted by molar-refractivity contribution is 0.668. The minimum Gasteiger partial charge on any atom is -0.456 e. The number of rotatable bonds is 3. The van der Waals surface area contributed by atoms with Crippen LogP contribution >= 0.6 is 22.7 Å². The maximum atomic E-state index is 6.24. The van der Waals surface area contributed by atoms with Crippen molar-refractivity contribution in [2.45, 2.75) is 0 Å². The second kappa shape index (κ2) is 9.13. The first-order chi connectivity index (χ1) is 21.8. The molecule has 206 valence electrons. The minimum absolute atomic E-state index is 0.856. The van der Waals surface area contributed by atoms with Gasteiger partial charge in [-0.2, -0.15) is 0 Å². The first kappa shape index (κ1) is 24.2. The number of hydrogen-bond donors (Lipinski definition) is 0. The van der Waals surface area contributed by atoms with Crippen LogP contribution in [0.3, 0.4) is 0 Å². The Morgan fingerprint density at radius 1 is 0.477 bits per heavy atom. The molecule has 6 aromatic carbocycles. The number of hydrogen-bond acceptors (Lipinski definition) is 5. The fraction of sp³-hybridized carbons (Fsp3) is 0. The maximum absolute atomic E-state index is 6.24. The van der Waals surface area contributed by atoms with Gasteiger partial charge in [-0.25, -0.2) is 0 Å². The molecule has 0 bridgehead atoms. The van der Waals surface area contributed by atoms with Crippen LogP contribution in [0.1, 0.15) is 0 Å². The quantitative estimate of drug-likeness (QED) is 0.203. The van der Waals surface area contributed by atoms with E-state index in [4.69, 9.17) is 4.42 Å². The van der Waals surface area contributed by atoms with Crippen LogP contribution in [-0.2, 0) is 0 Å². The smallest absolute Gasteiger partial charge is 0.138 e. The van der Waals surface area contributed by atoms with E-state index in [2.05, 4.69) is 125 Å². The van der Waals surface area contributed by atoms with E-state index in [9.17, 15) is 0 Å². The monoisotopic (exact) mass is 598 g/mol. The molecule has 4 aromatic heterocycles. The number of furan rings is 1. The van der Waals surface area contributed by atoms with Gasteiger partial charge in [-0.1, -0.05) is 54.6 Å². The van der Waals surface area contributed by atoms with Gasteiger partial charge in [0, 0.05) is 80.3 Å². The van der Waals surface area contributed by atoms with Gasteiger partial charge in [-0.15, -0.1) is 22.7 Å². The van der Waals surface area contributed by atoms with E-state index in [1.54, 1.807) is 6.20 Å². The molecule has 10 aromatic rings. The largest absolute Gasteiger partial charge is 0.456 e. The predicted octanol–water partition coefficient (Wildman–Crippen LogP) is 12.3. The summed E-state index contributed by atoms with van der Waals surface area (Å²) in [5, 5.41) is 9.65. The molecule has 0 saturated carbocycles. The Morgan fingerprint density at radius 3 is 2.05 bits per heavy atom. The van der Waals surface area contributed by atoms with Crippen molar-refractivity contribution in [2.75, 3.05) is 4.90 Å². The summed E-state index contributed by atoms with van der Waals surface area (Å²) in [4.78, 5) is 6.84. The third-order valence-corrected chi connectivity index (χ3v) is 11.0. The van der Waals surface area contributed by atoms with E-state index in [1.807, 2.05) is 34.9 Å². The number of nitrogens with zero attached hydrogens (tertiary/aromatic N) is 2. The van der Waals surface area contributed by atoms with Gasteiger partial charge in [-0.3, -0.25) is 4.98 Å². The molecular formula is C39H22N2OS2. The van der Waals surface area contributed by atoms with Gasteiger partial charge in [0.15, 0.2) is 0 Å². The summed E-state index contributed by atoms with van der Waals surface area (Å²) in [7, 11) is 0. The highest BCUT2D eigenvalue weighted by atomic mass is 32.1. The molecular weight excluding hydrogens is 577 g/mol. The van der Waals surface area contributed by atoms with Crippen LogP contribution in [-0.4, -0.2) is 4.98 Å². The van der Waals surface area contributed by atoms with Gasteiger partial charge in [0.05, 0.1) is 5.69 Å². The van der Waals surface area contributed by atoms with Gasteiger partial charge in [-0.05, 0) is 72.1 Å². The Bertz CT molecular complexity index is 2750. The number of thiophene rings is 2. The van der Waals surface area contributed by atoms with Crippen LogP contribution in [0, 0.1) is 0 Å². The SMILES string of the molecule is c1ccc2c(c1)sc1cc(N(c3ccc4sc5ccccc5c4c3)c3cccc4c3ccc3oc5ccncc5c34)ccc12. The van der Waals surface area contributed by atoms with E-state index in [1.165, 1.54) is 45.7 Å². The van der Waals surface area contributed by atoms with E-state index in [-0.39, 0.29) is 0 Å². The second-order valence-corrected chi connectivity index (χ2v) is 13.3. The third-order valence-electron chi connectivity index (χ3n) is 8.75. The summed E-state index contributed by atoms with van der Waals surface area (Å²) >= 11 is 3.70. The molecule has 0 N–H and O–H groups in total. The second-order valence-electron chi connectivity index (χ2n) is 11.2. The molecule has 0 unspecified atom stereocenters. The molecule has 0 aliphatic carbocycles. The van der Waals surface area contributed by atoms with Gasteiger partial charge in [0.25, 0.3) is 0 Å². The van der Waals surface area contributed by atoms with Crippen molar-refractivity contribution in [1.29, 1.82) is 0 Å². The Kier molecular flexibility index (Phi) is 5.03. The molecule has 0 atom stereocenters. The van der Waals surface area contributed by atoms with Crippen LogP contribution in [0.25, 0.3) is 73.1 Å². The topological polar surface area (TPSA) is 29.3 Å². The molecule has 0 aliphatic rings. The van der Waals surface area contributed by atoms with E-state index >= 15 is 0 Å². The van der Waals surface area contributed by atoms with Crippen molar-refractivity contribution in [1.82, 2.24) is 4.98 Å². The highest BCUT2D eigenvalue weighted by Crippen LogP contribution is 2.46. The van der Waals surface area contributed by atoms with Gasteiger partial charge in [0.1, 0.15) is 11.2 Å². The van der Waals surface area contributed by atoms with Gasteiger partial charge < -0.3 is 9.32 Å². The third kappa shape index (κ3) is 3.45. The molecule has 4 heterocycles. The molecule has 3 nitrogen and oxygen atoms in total. The fourth-order valence-corrected chi connectivity index (χ4v) is 9.02. The lowest BCUT2D eigenvalue weighted by atomic mass is 10.0. The zero-order valence-corrected chi connectivity index (χ0v) is 25.0. The minimum atomic E-state index is 0.856. The Hall–Kier alpha value is -5.23. The van der Waals surface area contributed by atoms with Gasteiger partial charge >= 0.3 is 0 Å². The maximum Gasteiger partial charge on any atom is 0.138 e. The van der Waals surface area contributed by atoms with Crippen LogP contribution in [0.4, 0.5) is 17.1 Å². The summed E-state index contributed by atoms with van der Waals surface area (Å²) in [5.41, 5.74) is 5.13. The molecule has 44 heavy (non-hydrogen) atoms.